The second-order valence-corrected chi connectivity index (χ2v) is 8.39. The van der Waals surface area contributed by atoms with Gasteiger partial charge in [0, 0.05) is 36.9 Å². The van der Waals surface area contributed by atoms with Crippen LogP contribution in [0.4, 0.5) is 11.4 Å². The van der Waals surface area contributed by atoms with Gasteiger partial charge in [-0.05, 0) is 59.9 Å². The van der Waals surface area contributed by atoms with Crippen molar-refractivity contribution in [2.45, 2.75) is 25.4 Å². The van der Waals surface area contributed by atoms with Crippen molar-refractivity contribution < 1.29 is 9.59 Å². The summed E-state index contributed by atoms with van der Waals surface area (Å²) in [6.07, 6.45) is 1.96. The van der Waals surface area contributed by atoms with Gasteiger partial charge in [-0.1, -0.05) is 36.4 Å². The summed E-state index contributed by atoms with van der Waals surface area (Å²) in [6.45, 7) is 2.32. The molecule has 32 heavy (non-hydrogen) atoms. The van der Waals surface area contributed by atoms with E-state index in [0.717, 1.165) is 48.3 Å². The average molecular weight is 427 g/mol. The zero-order chi connectivity index (χ0) is 22.1. The third-order valence-corrected chi connectivity index (χ3v) is 6.33. The van der Waals surface area contributed by atoms with Crippen LogP contribution in [0.25, 0.3) is 11.1 Å². The van der Waals surface area contributed by atoms with Gasteiger partial charge in [-0.15, -0.1) is 0 Å². The number of benzene rings is 3. The van der Waals surface area contributed by atoms with Crippen LogP contribution in [-0.2, 0) is 6.54 Å². The number of carbonyl (C=O) groups is 2. The molecule has 2 aliphatic rings. The lowest BCUT2D eigenvalue weighted by Gasteiger charge is -2.32. The quantitative estimate of drug-likeness (QED) is 0.593. The molecule has 3 aromatic carbocycles. The number of piperidine rings is 1. The van der Waals surface area contributed by atoms with Crippen molar-refractivity contribution in [2.75, 3.05) is 23.3 Å². The molecule has 0 unspecified atom stereocenters. The molecular formula is C26H26N4O2. The molecule has 0 saturated carbocycles. The molecule has 0 atom stereocenters. The van der Waals surface area contributed by atoms with Gasteiger partial charge in [-0.3, -0.25) is 9.59 Å². The first-order valence-electron chi connectivity index (χ1n) is 11.0. The first kappa shape index (κ1) is 20.3. The van der Waals surface area contributed by atoms with Gasteiger partial charge in [-0.25, -0.2) is 0 Å². The van der Waals surface area contributed by atoms with Crippen molar-refractivity contribution in [1.82, 2.24) is 5.32 Å². The number of nitrogens with two attached hydrogens (primary N) is 1. The standard InChI is InChI=1S/C26H26N4O2/c27-19-12-14-30(15-13-19)20-8-6-18(7-9-20)25(31)29-23-11-10-21(17-4-2-1-3-5-17)22-16-28-26(32)24(22)23/h1-11,19H,12-16,27H2,(H,28,32)(H,29,31). The van der Waals surface area contributed by atoms with Gasteiger partial charge in [0.2, 0.25) is 0 Å². The molecule has 6 nitrogen and oxygen atoms in total. The van der Waals surface area contributed by atoms with Gasteiger partial charge in [0.05, 0.1) is 11.3 Å². The summed E-state index contributed by atoms with van der Waals surface area (Å²) >= 11 is 0. The molecule has 6 heteroatoms. The molecule has 0 aliphatic carbocycles. The lowest BCUT2D eigenvalue weighted by Crippen LogP contribution is -2.39. The van der Waals surface area contributed by atoms with Crippen molar-refractivity contribution in [2.24, 2.45) is 5.73 Å². The van der Waals surface area contributed by atoms with E-state index in [1.807, 2.05) is 66.7 Å². The summed E-state index contributed by atoms with van der Waals surface area (Å²) in [5.74, 6) is -0.390. The van der Waals surface area contributed by atoms with Crippen molar-refractivity contribution in [3.63, 3.8) is 0 Å². The predicted octanol–water partition coefficient (Wildman–Crippen LogP) is 3.78. The second kappa shape index (κ2) is 8.48. The first-order valence-corrected chi connectivity index (χ1v) is 11.0. The minimum Gasteiger partial charge on any atom is -0.371 e. The highest BCUT2D eigenvalue weighted by Crippen LogP contribution is 2.34. The Labute approximate surface area is 187 Å². The molecule has 0 radical (unpaired) electrons. The van der Waals surface area contributed by atoms with Crippen molar-refractivity contribution in [3.05, 3.63) is 83.4 Å². The minimum atomic E-state index is -0.230. The molecule has 162 valence electrons. The highest BCUT2D eigenvalue weighted by Gasteiger charge is 2.27. The van der Waals surface area contributed by atoms with Crippen LogP contribution in [0.3, 0.4) is 0 Å². The third kappa shape index (κ3) is 3.85. The maximum atomic E-state index is 12.9. The third-order valence-electron chi connectivity index (χ3n) is 6.33. The lowest BCUT2D eigenvalue weighted by atomic mass is 9.95. The van der Waals surface area contributed by atoms with Crippen LogP contribution >= 0.6 is 0 Å². The molecule has 0 bridgehead atoms. The van der Waals surface area contributed by atoms with Gasteiger partial charge in [-0.2, -0.15) is 0 Å². The zero-order valence-corrected chi connectivity index (χ0v) is 17.8. The number of anilines is 2. The minimum absolute atomic E-state index is 0.160. The van der Waals surface area contributed by atoms with Crippen molar-refractivity contribution in [1.29, 1.82) is 0 Å². The maximum Gasteiger partial charge on any atom is 0.255 e. The molecule has 0 aromatic heterocycles. The Morgan fingerprint density at radius 2 is 1.69 bits per heavy atom. The summed E-state index contributed by atoms with van der Waals surface area (Å²) in [5.41, 5.74) is 11.7. The molecule has 2 heterocycles. The number of hydrogen-bond acceptors (Lipinski definition) is 4. The average Bonchev–Trinajstić information content (AvgIpc) is 3.22. The Kier molecular flexibility index (Phi) is 5.37. The van der Waals surface area contributed by atoms with Gasteiger partial charge in [0.15, 0.2) is 0 Å². The second-order valence-electron chi connectivity index (χ2n) is 8.39. The monoisotopic (exact) mass is 426 g/mol. The number of hydrogen-bond donors (Lipinski definition) is 3. The summed E-state index contributed by atoms with van der Waals surface area (Å²) in [6, 6.07) is 21.6. The van der Waals surface area contributed by atoms with E-state index in [9.17, 15) is 9.59 Å². The summed E-state index contributed by atoms with van der Waals surface area (Å²) in [4.78, 5) is 27.8. The summed E-state index contributed by atoms with van der Waals surface area (Å²) in [7, 11) is 0. The molecule has 2 amide bonds. The molecule has 3 aromatic rings. The molecule has 4 N–H and O–H groups in total. The normalized spacial score (nSPS) is 15.9. The summed E-state index contributed by atoms with van der Waals surface area (Å²) < 4.78 is 0. The van der Waals surface area contributed by atoms with E-state index in [1.54, 1.807) is 0 Å². The number of nitrogens with zero attached hydrogens (tertiary/aromatic N) is 1. The number of fused-ring (bicyclic) bond motifs is 1. The largest absolute Gasteiger partial charge is 0.371 e. The number of amides is 2. The van der Waals surface area contributed by atoms with E-state index in [4.69, 9.17) is 5.73 Å². The lowest BCUT2D eigenvalue weighted by molar-refractivity contribution is 0.0966. The van der Waals surface area contributed by atoms with E-state index in [1.165, 1.54) is 0 Å². The van der Waals surface area contributed by atoms with Crippen LogP contribution in [0.15, 0.2) is 66.7 Å². The fourth-order valence-corrected chi connectivity index (χ4v) is 4.52. The molecular weight excluding hydrogens is 400 g/mol. The van der Waals surface area contributed by atoms with Gasteiger partial charge < -0.3 is 21.3 Å². The van der Waals surface area contributed by atoms with E-state index >= 15 is 0 Å². The van der Waals surface area contributed by atoms with Gasteiger partial charge in [0.25, 0.3) is 11.8 Å². The Bertz CT molecular complexity index is 1150. The SMILES string of the molecule is NC1CCN(c2ccc(C(=O)Nc3ccc(-c4ccccc4)c4c3C(=O)NC4)cc2)CC1. The first-order chi connectivity index (χ1) is 15.6. The van der Waals surface area contributed by atoms with Crippen LogP contribution in [0.1, 0.15) is 39.1 Å². The van der Waals surface area contributed by atoms with Crippen molar-refractivity contribution in [3.8, 4) is 11.1 Å². The molecule has 1 saturated heterocycles. The topological polar surface area (TPSA) is 87.5 Å². The molecule has 1 fully saturated rings. The fraction of sp³-hybridized carbons (Fsp3) is 0.231. The Hall–Kier alpha value is -3.64. The van der Waals surface area contributed by atoms with E-state index in [2.05, 4.69) is 15.5 Å². The van der Waals surface area contributed by atoms with Crippen molar-refractivity contribution >= 4 is 23.2 Å². The number of nitrogens with one attached hydrogen (secondary N) is 2. The predicted molar refractivity (Wildman–Crippen MR) is 127 cm³/mol. The van der Waals surface area contributed by atoms with Gasteiger partial charge in [0.1, 0.15) is 0 Å². The van der Waals surface area contributed by atoms with Crippen LogP contribution in [0.2, 0.25) is 0 Å². The molecule has 0 spiro atoms. The smallest absolute Gasteiger partial charge is 0.255 e. The fourth-order valence-electron chi connectivity index (χ4n) is 4.52. The highest BCUT2D eigenvalue weighted by atomic mass is 16.2. The Morgan fingerprint density at radius 3 is 2.41 bits per heavy atom. The van der Waals surface area contributed by atoms with Gasteiger partial charge >= 0.3 is 0 Å². The van der Waals surface area contributed by atoms with E-state index in [0.29, 0.717) is 23.4 Å². The Balaban J connectivity index is 1.37. The molecule has 2 aliphatic heterocycles. The van der Waals surface area contributed by atoms with E-state index < -0.39 is 0 Å². The highest BCUT2D eigenvalue weighted by molar-refractivity contribution is 6.11. The number of rotatable bonds is 4. The van der Waals surface area contributed by atoms with Crippen LogP contribution in [-0.4, -0.2) is 30.9 Å². The molecule has 5 rings (SSSR count). The summed E-state index contributed by atoms with van der Waals surface area (Å²) in [5, 5.41) is 5.83. The Morgan fingerprint density at radius 1 is 0.969 bits per heavy atom. The zero-order valence-electron chi connectivity index (χ0n) is 17.8. The van der Waals surface area contributed by atoms with Crippen LogP contribution < -0.4 is 21.3 Å². The van der Waals surface area contributed by atoms with Crippen LogP contribution in [0.5, 0.6) is 0 Å². The van der Waals surface area contributed by atoms with Crippen LogP contribution in [0, 0.1) is 0 Å². The number of carbonyl (C=O) groups excluding carboxylic acids is 2. The van der Waals surface area contributed by atoms with E-state index in [-0.39, 0.29) is 17.9 Å². The maximum absolute atomic E-state index is 12.9.